The lowest BCUT2D eigenvalue weighted by Crippen LogP contribution is -2.46. The van der Waals surface area contributed by atoms with E-state index in [1.54, 1.807) is 7.11 Å². The summed E-state index contributed by atoms with van der Waals surface area (Å²) in [7, 11) is 1.62. The first-order valence-electron chi connectivity index (χ1n) is 9.15. The Kier molecular flexibility index (Phi) is 8.58. The molecule has 1 aliphatic heterocycles. The van der Waals surface area contributed by atoms with Gasteiger partial charge in [-0.15, -0.1) is 12.4 Å². The standard InChI is InChI=1S/C21H27N3O2.ClH/c1-26-20-9-5-8-19(16-20)22-21(25)10-11-23-12-14-24(15-13-23)17-18-6-3-2-4-7-18;/h2-9,16H,10-15,17H2,1H3,(H,22,25);1H. The van der Waals surface area contributed by atoms with E-state index in [1.165, 1.54) is 5.56 Å². The van der Waals surface area contributed by atoms with Crippen LogP contribution < -0.4 is 10.1 Å². The molecule has 2 aromatic carbocycles. The van der Waals surface area contributed by atoms with E-state index in [4.69, 9.17) is 4.74 Å². The van der Waals surface area contributed by atoms with Gasteiger partial charge in [0.15, 0.2) is 0 Å². The molecule has 2 aromatic rings. The van der Waals surface area contributed by atoms with Crippen molar-refractivity contribution >= 4 is 24.0 Å². The zero-order chi connectivity index (χ0) is 18.2. The fourth-order valence-corrected chi connectivity index (χ4v) is 3.20. The molecule has 1 heterocycles. The predicted octanol–water partition coefficient (Wildman–Crippen LogP) is 3.26. The molecule has 0 saturated carbocycles. The highest BCUT2D eigenvalue weighted by molar-refractivity contribution is 5.91. The van der Waals surface area contributed by atoms with Crippen LogP contribution >= 0.6 is 12.4 Å². The van der Waals surface area contributed by atoms with Crippen molar-refractivity contribution in [3.05, 3.63) is 60.2 Å². The van der Waals surface area contributed by atoms with Gasteiger partial charge in [0.05, 0.1) is 7.11 Å². The highest BCUT2D eigenvalue weighted by Crippen LogP contribution is 2.17. The van der Waals surface area contributed by atoms with Crippen LogP contribution in [0.25, 0.3) is 0 Å². The molecule has 1 aliphatic rings. The lowest BCUT2D eigenvalue weighted by molar-refractivity contribution is -0.116. The smallest absolute Gasteiger partial charge is 0.225 e. The topological polar surface area (TPSA) is 44.8 Å². The molecule has 3 rings (SSSR count). The Balaban J connectivity index is 0.00000261. The molecule has 5 nitrogen and oxygen atoms in total. The second-order valence-electron chi connectivity index (χ2n) is 6.63. The van der Waals surface area contributed by atoms with Crippen LogP contribution in [-0.4, -0.2) is 55.5 Å². The van der Waals surface area contributed by atoms with Crippen LogP contribution in [-0.2, 0) is 11.3 Å². The summed E-state index contributed by atoms with van der Waals surface area (Å²) in [5.74, 6) is 0.794. The van der Waals surface area contributed by atoms with Gasteiger partial charge in [-0.3, -0.25) is 9.69 Å². The van der Waals surface area contributed by atoms with Crippen LogP contribution in [0.4, 0.5) is 5.69 Å². The fraction of sp³-hybridized carbons (Fsp3) is 0.381. The van der Waals surface area contributed by atoms with E-state index >= 15 is 0 Å². The summed E-state index contributed by atoms with van der Waals surface area (Å²) >= 11 is 0. The Morgan fingerprint density at radius 3 is 2.41 bits per heavy atom. The molecule has 0 bridgehead atoms. The molecule has 27 heavy (non-hydrogen) atoms. The molecule has 0 spiro atoms. The molecule has 1 N–H and O–H groups in total. The lowest BCUT2D eigenvalue weighted by atomic mass is 10.2. The van der Waals surface area contributed by atoms with E-state index in [-0.39, 0.29) is 18.3 Å². The van der Waals surface area contributed by atoms with E-state index in [1.807, 2.05) is 24.3 Å². The number of ether oxygens (including phenoxy) is 1. The maximum atomic E-state index is 12.2. The van der Waals surface area contributed by atoms with Crippen molar-refractivity contribution < 1.29 is 9.53 Å². The zero-order valence-corrected chi connectivity index (χ0v) is 16.6. The van der Waals surface area contributed by atoms with Crippen LogP contribution in [0.3, 0.4) is 0 Å². The average molecular weight is 390 g/mol. The van der Waals surface area contributed by atoms with Crippen LogP contribution in [0, 0.1) is 0 Å². The Labute approximate surface area is 167 Å². The summed E-state index contributed by atoms with van der Waals surface area (Å²) in [5.41, 5.74) is 2.14. The first kappa shape index (κ1) is 21.2. The number of halogens is 1. The fourth-order valence-electron chi connectivity index (χ4n) is 3.20. The first-order valence-corrected chi connectivity index (χ1v) is 9.15. The third kappa shape index (κ3) is 6.86. The second-order valence-corrected chi connectivity index (χ2v) is 6.63. The molecule has 0 unspecified atom stereocenters. The van der Waals surface area contributed by atoms with E-state index in [0.717, 1.165) is 50.7 Å². The van der Waals surface area contributed by atoms with Gasteiger partial charge in [0.1, 0.15) is 5.75 Å². The van der Waals surface area contributed by atoms with Gasteiger partial charge in [0.2, 0.25) is 5.91 Å². The maximum Gasteiger partial charge on any atom is 0.225 e. The molecule has 1 fully saturated rings. The van der Waals surface area contributed by atoms with Crippen LogP contribution in [0.2, 0.25) is 0 Å². The van der Waals surface area contributed by atoms with Crippen molar-refractivity contribution in [2.75, 3.05) is 45.2 Å². The summed E-state index contributed by atoms with van der Waals surface area (Å²) in [4.78, 5) is 17.0. The lowest BCUT2D eigenvalue weighted by Gasteiger charge is -2.34. The highest BCUT2D eigenvalue weighted by Gasteiger charge is 2.17. The third-order valence-electron chi connectivity index (χ3n) is 4.72. The number of nitrogens with zero attached hydrogens (tertiary/aromatic N) is 2. The Morgan fingerprint density at radius 2 is 1.70 bits per heavy atom. The van der Waals surface area contributed by atoms with Crippen molar-refractivity contribution in [1.82, 2.24) is 9.80 Å². The third-order valence-corrected chi connectivity index (χ3v) is 4.72. The van der Waals surface area contributed by atoms with E-state index in [2.05, 4.69) is 45.4 Å². The van der Waals surface area contributed by atoms with E-state index < -0.39 is 0 Å². The average Bonchev–Trinajstić information content (AvgIpc) is 2.68. The number of hydrogen-bond donors (Lipinski definition) is 1. The van der Waals surface area contributed by atoms with Crippen molar-refractivity contribution in [2.45, 2.75) is 13.0 Å². The zero-order valence-electron chi connectivity index (χ0n) is 15.8. The van der Waals surface area contributed by atoms with Crippen LogP contribution in [0.15, 0.2) is 54.6 Å². The number of amides is 1. The second kappa shape index (κ2) is 10.9. The minimum absolute atomic E-state index is 0. The summed E-state index contributed by atoms with van der Waals surface area (Å²) in [6.07, 6.45) is 0.510. The molecule has 0 radical (unpaired) electrons. The molecule has 146 valence electrons. The predicted molar refractivity (Wildman–Crippen MR) is 112 cm³/mol. The summed E-state index contributed by atoms with van der Waals surface area (Å²) in [6.45, 7) is 5.93. The van der Waals surface area contributed by atoms with Crippen molar-refractivity contribution in [2.24, 2.45) is 0 Å². The summed E-state index contributed by atoms with van der Waals surface area (Å²) in [6, 6.07) is 18.0. The molecular weight excluding hydrogens is 362 g/mol. The summed E-state index contributed by atoms with van der Waals surface area (Å²) in [5, 5.41) is 2.94. The number of piperazine rings is 1. The van der Waals surface area contributed by atoms with Gasteiger partial charge in [0, 0.05) is 57.4 Å². The number of carbonyl (C=O) groups excluding carboxylic acids is 1. The van der Waals surface area contributed by atoms with Crippen LogP contribution in [0.1, 0.15) is 12.0 Å². The van der Waals surface area contributed by atoms with Crippen molar-refractivity contribution in [1.29, 1.82) is 0 Å². The Bertz CT molecular complexity index is 704. The number of carbonyl (C=O) groups is 1. The highest BCUT2D eigenvalue weighted by atomic mass is 35.5. The number of methoxy groups -OCH3 is 1. The maximum absolute atomic E-state index is 12.2. The first-order chi connectivity index (χ1) is 12.7. The van der Waals surface area contributed by atoms with Crippen molar-refractivity contribution in [3.8, 4) is 5.75 Å². The van der Waals surface area contributed by atoms with Gasteiger partial charge in [0.25, 0.3) is 0 Å². The molecule has 0 aliphatic carbocycles. The SMILES string of the molecule is COc1cccc(NC(=O)CCN2CCN(Cc3ccccc3)CC2)c1.Cl. The number of nitrogens with one attached hydrogen (secondary N) is 1. The molecule has 1 saturated heterocycles. The van der Waals surface area contributed by atoms with Gasteiger partial charge in [-0.25, -0.2) is 0 Å². The van der Waals surface area contributed by atoms with E-state index in [0.29, 0.717) is 6.42 Å². The number of rotatable bonds is 7. The number of hydrogen-bond acceptors (Lipinski definition) is 4. The van der Waals surface area contributed by atoms with Gasteiger partial charge in [-0.1, -0.05) is 36.4 Å². The number of anilines is 1. The molecule has 0 aromatic heterocycles. The minimum Gasteiger partial charge on any atom is -0.497 e. The van der Waals surface area contributed by atoms with Gasteiger partial charge in [-0.05, 0) is 17.7 Å². The Morgan fingerprint density at radius 1 is 1.00 bits per heavy atom. The normalized spacial score (nSPS) is 15.0. The quantitative estimate of drug-likeness (QED) is 0.789. The van der Waals surface area contributed by atoms with E-state index in [9.17, 15) is 4.79 Å². The van der Waals surface area contributed by atoms with Crippen LogP contribution in [0.5, 0.6) is 5.75 Å². The van der Waals surface area contributed by atoms with Crippen molar-refractivity contribution in [3.63, 3.8) is 0 Å². The minimum atomic E-state index is 0. The summed E-state index contributed by atoms with van der Waals surface area (Å²) < 4.78 is 5.18. The molecule has 1 amide bonds. The number of benzene rings is 2. The van der Waals surface area contributed by atoms with Gasteiger partial charge >= 0.3 is 0 Å². The molecular formula is C21H28ClN3O2. The van der Waals surface area contributed by atoms with Gasteiger partial charge < -0.3 is 15.0 Å². The molecule has 6 heteroatoms. The molecule has 0 atom stereocenters. The monoisotopic (exact) mass is 389 g/mol. The largest absolute Gasteiger partial charge is 0.497 e. The van der Waals surface area contributed by atoms with Gasteiger partial charge in [-0.2, -0.15) is 0 Å². The Hall–Kier alpha value is -2.08.